The molecule has 0 aliphatic heterocycles. The third kappa shape index (κ3) is 4.66. The van der Waals surface area contributed by atoms with E-state index in [4.69, 9.17) is 8.85 Å². The molecule has 0 saturated heterocycles. The lowest BCUT2D eigenvalue weighted by molar-refractivity contribution is 0.170. The maximum atomic E-state index is 6.02. The molecular weight excluding hydrogens is 204 g/mol. The standard InChI is InChI=1S/C12H28O2Si/c1-7-12(6)10-15(11(4)5,13-8-2)14-9-3/h11-12H,7-10H2,1-6H3. The zero-order valence-corrected chi connectivity index (χ0v) is 12.3. The van der Waals surface area contributed by atoms with Crippen LogP contribution in [-0.4, -0.2) is 21.8 Å². The van der Waals surface area contributed by atoms with Gasteiger partial charge < -0.3 is 8.85 Å². The van der Waals surface area contributed by atoms with E-state index in [1.165, 1.54) is 6.42 Å². The van der Waals surface area contributed by atoms with Crippen LogP contribution in [0.2, 0.25) is 11.6 Å². The predicted octanol–water partition coefficient (Wildman–Crippen LogP) is 3.96. The van der Waals surface area contributed by atoms with Gasteiger partial charge in [-0.3, -0.25) is 0 Å². The van der Waals surface area contributed by atoms with Crippen LogP contribution in [0, 0.1) is 5.92 Å². The van der Waals surface area contributed by atoms with Crippen LogP contribution in [0.1, 0.15) is 48.0 Å². The fourth-order valence-corrected chi connectivity index (χ4v) is 5.54. The van der Waals surface area contributed by atoms with Crippen molar-refractivity contribution in [1.29, 1.82) is 0 Å². The molecule has 0 aromatic carbocycles. The van der Waals surface area contributed by atoms with Gasteiger partial charge in [-0.25, -0.2) is 0 Å². The predicted molar refractivity (Wildman–Crippen MR) is 68.4 cm³/mol. The van der Waals surface area contributed by atoms with Gasteiger partial charge in [-0.2, -0.15) is 0 Å². The second kappa shape index (κ2) is 7.42. The third-order valence-electron chi connectivity index (χ3n) is 2.99. The van der Waals surface area contributed by atoms with E-state index < -0.39 is 8.56 Å². The number of hydrogen-bond acceptors (Lipinski definition) is 2. The summed E-state index contributed by atoms with van der Waals surface area (Å²) in [5.41, 5.74) is 0.534. The molecule has 0 saturated carbocycles. The van der Waals surface area contributed by atoms with Crippen molar-refractivity contribution in [3.8, 4) is 0 Å². The molecule has 1 unspecified atom stereocenters. The lowest BCUT2D eigenvalue weighted by Gasteiger charge is -2.35. The Labute approximate surface area is 96.6 Å². The van der Waals surface area contributed by atoms with E-state index in [1.807, 2.05) is 0 Å². The minimum Gasteiger partial charge on any atom is -0.394 e. The molecule has 0 radical (unpaired) electrons. The lowest BCUT2D eigenvalue weighted by Crippen LogP contribution is -2.46. The molecule has 0 N–H and O–H groups in total. The van der Waals surface area contributed by atoms with Gasteiger partial charge in [-0.15, -0.1) is 0 Å². The van der Waals surface area contributed by atoms with Crippen LogP contribution < -0.4 is 0 Å². The molecule has 0 aromatic heterocycles. The molecule has 0 bridgehead atoms. The van der Waals surface area contributed by atoms with Gasteiger partial charge >= 0.3 is 8.56 Å². The van der Waals surface area contributed by atoms with Crippen LogP contribution in [0.4, 0.5) is 0 Å². The molecule has 0 aromatic rings. The fourth-order valence-electron chi connectivity index (χ4n) is 1.85. The van der Waals surface area contributed by atoms with Gasteiger partial charge in [0, 0.05) is 13.2 Å². The number of hydrogen-bond donors (Lipinski definition) is 0. The van der Waals surface area contributed by atoms with Crippen molar-refractivity contribution in [3.63, 3.8) is 0 Å². The van der Waals surface area contributed by atoms with Crippen LogP contribution in [-0.2, 0) is 8.85 Å². The smallest absolute Gasteiger partial charge is 0.341 e. The molecule has 0 spiro atoms. The molecule has 2 nitrogen and oxygen atoms in total. The van der Waals surface area contributed by atoms with E-state index in [2.05, 4.69) is 41.5 Å². The number of rotatable bonds is 8. The summed E-state index contributed by atoms with van der Waals surface area (Å²) < 4.78 is 12.0. The first-order chi connectivity index (χ1) is 7.02. The van der Waals surface area contributed by atoms with Crippen molar-refractivity contribution in [2.45, 2.75) is 59.5 Å². The molecule has 0 aliphatic carbocycles. The molecule has 0 amide bonds. The largest absolute Gasteiger partial charge is 0.394 e. The van der Waals surface area contributed by atoms with Crippen LogP contribution in [0.15, 0.2) is 0 Å². The Balaban J connectivity index is 4.60. The molecule has 1 atom stereocenters. The van der Waals surface area contributed by atoms with Crippen molar-refractivity contribution >= 4 is 8.56 Å². The highest BCUT2D eigenvalue weighted by Gasteiger charge is 2.41. The van der Waals surface area contributed by atoms with Crippen molar-refractivity contribution in [2.24, 2.45) is 5.92 Å². The average Bonchev–Trinajstić information content (AvgIpc) is 2.18. The normalized spacial score (nSPS) is 14.6. The van der Waals surface area contributed by atoms with Gasteiger partial charge in [0.25, 0.3) is 0 Å². The first kappa shape index (κ1) is 15.1. The summed E-state index contributed by atoms with van der Waals surface area (Å²) in [6.45, 7) is 14.7. The van der Waals surface area contributed by atoms with Gasteiger partial charge in [0.15, 0.2) is 0 Å². The van der Waals surface area contributed by atoms with Crippen LogP contribution in [0.5, 0.6) is 0 Å². The fraction of sp³-hybridized carbons (Fsp3) is 1.00. The topological polar surface area (TPSA) is 18.5 Å². The van der Waals surface area contributed by atoms with Crippen LogP contribution in [0.25, 0.3) is 0 Å². The van der Waals surface area contributed by atoms with Crippen molar-refractivity contribution in [2.75, 3.05) is 13.2 Å². The summed E-state index contributed by atoms with van der Waals surface area (Å²) in [6, 6.07) is 1.13. The van der Waals surface area contributed by atoms with Gasteiger partial charge in [0.1, 0.15) is 0 Å². The summed E-state index contributed by atoms with van der Waals surface area (Å²) in [6.07, 6.45) is 1.21. The monoisotopic (exact) mass is 232 g/mol. The van der Waals surface area contributed by atoms with Crippen LogP contribution in [0.3, 0.4) is 0 Å². The van der Waals surface area contributed by atoms with Gasteiger partial charge in [0.05, 0.1) is 0 Å². The minimum absolute atomic E-state index is 0.534. The lowest BCUT2D eigenvalue weighted by atomic mass is 10.2. The maximum Gasteiger partial charge on any atom is 0.341 e. The second-order valence-electron chi connectivity index (χ2n) is 4.55. The van der Waals surface area contributed by atoms with E-state index in [9.17, 15) is 0 Å². The highest BCUT2D eigenvalue weighted by atomic mass is 28.4. The Morgan fingerprint density at radius 1 is 0.933 bits per heavy atom. The summed E-state index contributed by atoms with van der Waals surface area (Å²) in [5, 5.41) is 0. The highest BCUT2D eigenvalue weighted by molar-refractivity contribution is 6.68. The third-order valence-corrected chi connectivity index (χ3v) is 7.57. The summed E-state index contributed by atoms with van der Waals surface area (Å²) in [4.78, 5) is 0. The first-order valence-corrected chi connectivity index (χ1v) is 8.40. The Kier molecular flexibility index (Phi) is 7.48. The molecule has 0 heterocycles. The Bertz CT molecular complexity index is 154. The summed E-state index contributed by atoms with van der Waals surface area (Å²) in [7, 11) is -1.96. The molecule has 15 heavy (non-hydrogen) atoms. The molecular formula is C12H28O2Si. The zero-order valence-electron chi connectivity index (χ0n) is 11.3. The zero-order chi connectivity index (χ0) is 11.9. The van der Waals surface area contributed by atoms with Gasteiger partial charge in [0.2, 0.25) is 0 Å². The van der Waals surface area contributed by atoms with Crippen molar-refractivity contribution in [1.82, 2.24) is 0 Å². The van der Waals surface area contributed by atoms with E-state index in [-0.39, 0.29) is 0 Å². The molecule has 3 heteroatoms. The van der Waals surface area contributed by atoms with E-state index in [1.54, 1.807) is 0 Å². The Morgan fingerprint density at radius 3 is 1.67 bits per heavy atom. The van der Waals surface area contributed by atoms with E-state index in [0.717, 1.165) is 19.3 Å². The summed E-state index contributed by atoms with van der Waals surface area (Å²) >= 11 is 0. The van der Waals surface area contributed by atoms with Crippen molar-refractivity contribution < 1.29 is 8.85 Å². The average molecular weight is 232 g/mol. The SMILES string of the molecule is CCO[Si](CC(C)CC)(OCC)C(C)C. The van der Waals surface area contributed by atoms with Gasteiger partial charge in [-0.1, -0.05) is 34.1 Å². The molecule has 0 fully saturated rings. The highest BCUT2D eigenvalue weighted by Crippen LogP contribution is 2.31. The molecule has 0 rings (SSSR count). The summed E-state index contributed by atoms with van der Waals surface area (Å²) in [5.74, 6) is 0.706. The van der Waals surface area contributed by atoms with E-state index in [0.29, 0.717) is 11.5 Å². The Morgan fingerprint density at radius 2 is 1.40 bits per heavy atom. The first-order valence-electron chi connectivity index (χ1n) is 6.30. The molecule has 0 aliphatic rings. The molecule has 92 valence electrons. The maximum absolute atomic E-state index is 6.02. The van der Waals surface area contributed by atoms with E-state index >= 15 is 0 Å². The van der Waals surface area contributed by atoms with Crippen LogP contribution >= 0.6 is 0 Å². The van der Waals surface area contributed by atoms with Crippen molar-refractivity contribution in [3.05, 3.63) is 0 Å². The van der Waals surface area contributed by atoms with Gasteiger partial charge in [-0.05, 0) is 31.4 Å². The second-order valence-corrected chi connectivity index (χ2v) is 8.31. The quantitative estimate of drug-likeness (QED) is 0.590. The minimum atomic E-state index is -1.96. The Hall–Kier alpha value is 0.137.